The second kappa shape index (κ2) is 13.2. The zero-order valence-corrected chi connectivity index (χ0v) is 22.1. The number of allylic oxidation sites excluding steroid dienone is 3. The fourth-order valence-electron chi connectivity index (χ4n) is 4.63. The molecule has 0 radical (unpaired) electrons. The maximum absolute atomic E-state index is 12.5. The lowest BCUT2D eigenvalue weighted by Gasteiger charge is -2.30. The number of aliphatic hydroxyl groups is 4. The summed E-state index contributed by atoms with van der Waals surface area (Å²) >= 11 is 0. The predicted octanol–water partition coefficient (Wildman–Crippen LogP) is 3.45. The lowest BCUT2D eigenvalue weighted by molar-refractivity contribution is -0.151. The Bertz CT molecular complexity index is 771. The minimum Gasteiger partial charge on any atom is -0.457 e. The second-order valence-electron chi connectivity index (χ2n) is 10.8. The third-order valence-corrected chi connectivity index (χ3v) is 7.37. The smallest absolute Gasteiger partial charge is 0.309 e. The SMILES string of the molecule is CC[C@H](O)[C@@H](C)[C@H]1O[C@@H]1C[C@H](C)/C=C/C=C(\C)[C@H]1OC(=O)C[C@@H](O)CC[C@@](C)(O)[C@@H](O)/C=C/[C@@H]1C. The van der Waals surface area contributed by atoms with Gasteiger partial charge in [0.05, 0.1) is 36.4 Å². The number of aliphatic hydroxyl groups excluding tert-OH is 3. The molecule has 35 heavy (non-hydrogen) atoms. The van der Waals surface area contributed by atoms with Crippen molar-refractivity contribution in [3.05, 3.63) is 36.0 Å². The van der Waals surface area contributed by atoms with Gasteiger partial charge in [0, 0.05) is 11.8 Å². The van der Waals surface area contributed by atoms with Crippen LogP contribution in [-0.2, 0) is 14.3 Å². The van der Waals surface area contributed by atoms with Crippen molar-refractivity contribution < 1.29 is 34.7 Å². The number of cyclic esters (lactones) is 1. The summed E-state index contributed by atoms with van der Waals surface area (Å²) in [5, 5.41) is 41.1. The van der Waals surface area contributed by atoms with Crippen LogP contribution in [0.25, 0.3) is 0 Å². The monoisotopic (exact) mass is 494 g/mol. The standard InChI is InChI=1S/C28H46O7/c1-7-22(30)20(5)27-23(34-27)15-17(2)9-8-10-18(3)26-19(4)11-12-24(31)28(6,33)14-13-21(29)16-25(32)35-26/h8-12,17,19-24,26-27,29-31,33H,7,13-16H2,1-6H3/b9-8+,12-11+,18-10+/t17-,19+,20-,21+,22+,23-,24+,26-,27-,28-/m1/s1. The second-order valence-corrected chi connectivity index (χ2v) is 10.8. The van der Waals surface area contributed by atoms with Crippen molar-refractivity contribution in [1.82, 2.24) is 0 Å². The van der Waals surface area contributed by atoms with Gasteiger partial charge in [-0.1, -0.05) is 58.1 Å². The maximum atomic E-state index is 12.5. The zero-order chi connectivity index (χ0) is 26.3. The van der Waals surface area contributed by atoms with Crippen molar-refractivity contribution in [2.75, 3.05) is 0 Å². The summed E-state index contributed by atoms with van der Waals surface area (Å²) in [5.41, 5.74) is -0.553. The number of hydrogen-bond acceptors (Lipinski definition) is 7. The average Bonchev–Trinajstić information content (AvgIpc) is 3.56. The van der Waals surface area contributed by atoms with Crippen LogP contribution in [0.15, 0.2) is 36.0 Å². The Morgan fingerprint density at radius 3 is 2.63 bits per heavy atom. The summed E-state index contributed by atoms with van der Waals surface area (Å²) < 4.78 is 11.5. The molecule has 2 rings (SSSR count). The molecule has 0 unspecified atom stereocenters. The molecule has 7 heteroatoms. The van der Waals surface area contributed by atoms with Crippen molar-refractivity contribution in [2.45, 2.75) is 116 Å². The van der Waals surface area contributed by atoms with Crippen LogP contribution < -0.4 is 0 Å². The molecule has 2 heterocycles. The summed E-state index contributed by atoms with van der Waals surface area (Å²) in [6, 6.07) is 0. The molecule has 4 N–H and O–H groups in total. The Morgan fingerprint density at radius 2 is 1.97 bits per heavy atom. The van der Waals surface area contributed by atoms with Crippen LogP contribution >= 0.6 is 0 Å². The van der Waals surface area contributed by atoms with Crippen LogP contribution in [0.1, 0.15) is 73.6 Å². The quantitative estimate of drug-likeness (QED) is 0.177. The number of carbonyl (C=O) groups is 1. The molecule has 200 valence electrons. The molecule has 0 spiro atoms. The molecule has 2 aliphatic heterocycles. The topological polar surface area (TPSA) is 120 Å². The maximum Gasteiger partial charge on any atom is 0.309 e. The van der Waals surface area contributed by atoms with Crippen LogP contribution in [-0.4, -0.2) is 68.6 Å². The third kappa shape index (κ3) is 9.14. The number of esters is 1. The van der Waals surface area contributed by atoms with Crippen LogP contribution in [0.3, 0.4) is 0 Å². The molecule has 0 saturated carbocycles. The van der Waals surface area contributed by atoms with Gasteiger partial charge >= 0.3 is 5.97 Å². The van der Waals surface area contributed by atoms with Gasteiger partial charge in [-0.05, 0) is 51.0 Å². The molecule has 1 saturated heterocycles. The van der Waals surface area contributed by atoms with E-state index in [4.69, 9.17) is 9.47 Å². The van der Waals surface area contributed by atoms with Gasteiger partial charge in [-0.3, -0.25) is 4.79 Å². The van der Waals surface area contributed by atoms with E-state index in [1.54, 1.807) is 6.08 Å². The molecular formula is C28H46O7. The van der Waals surface area contributed by atoms with Crippen LogP contribution in [0.2, 0.25) is 0 Å². The van der Waals surface area contributed by atoms with Crippen LogP contribution in [0.4, 0.5) is 0 Å². The Morgan fingerprint density at radius 1 is 1.29 bits per heavy atom. The van der Waals surface area contributed by atoms with Crippen LogP contribution in [0.5, 0.6) is 0 Å². The highest BCUT2D eigenvalue weighted by molar-refractivity contribution is 5.70. The largest absolute Gasteiger partial charge is 0.457 e. The minimum absolute atomic E-state index is 0.118. The van der Waals surface area contributed by atoms with Gasteiger partial charge in [0.15, 0.2) is 0 Å². The number of hydrogen-bond donors (Lipinski definition) is 4. The molecule has 7 nitrogen and oxygen atoms in total. The molecule has 10 atom stereocenters. The summed E-state index contributed by atoms with van der Waals surface area (Å²) in [6.45, 7) is 11.4. The van der Waals surface area contributed by atoms with Gasteiger partial charge in [0.2, 0.25) is 0 Å². The van der Waals surface area contributed by atoms with E-state index in [1.807, 2.05) is 39.8 Å². The summed E-state index contributed by atoms with van der Waals surface area (Å²) in [7, 11) is 0. The lowest BCUT2D eigenvalue weighted by Crippen LogP contribution is -2.39. The van der Waals surface area contributed by atoms with E-state index in [1.165, 1.54) is 13.0 Å². The highest BCUT2D eigenvalue weighted by Crippen LogP contribution is 2.36. The van der Waals surface area contributed by atoms with E-state index in [0.717, 1.165) is 18.4 Å². The van der Waals surface area contributed by atoms with E-state index in [-0.39, 0.29) is 55.3 Å². The molecule has 0 aliphatic carbocycles. The Kier molecular flexibility index (Phi) is 11.2. The zero-order valence-electron chi connectivity index (χ0n) is 22.1. The van der Waals surface area contributed by atoms with Gasteiger partial charge in [-0.15, -0.1) is 0 Å². The van der Waals surface area contributed by atoms with E-state index in [0.29, 0.717) is 0 Å². The Balaban J connectivity index is 2.04. The third-order valence-electron chi connectivity index (χ3n) is 7.37. The number of ether oxygens (including phenoxy) is 2. The predicted molar refractivity (Wildman–Crippen MR) is 135 cm³/mol. The lowest BCUT2D eigenvalue weighted by atomic mass is 9.89. The average molecular weight is 495 g/mol. The summed E-state index contributed by atoms with van der Waals surface area (Å²) in [5.74, 6) is -0.317. The Hall–Kier alpha value is -1.51. The fraction of sp³-hybridized carbons (Fsp3) is 0.750. The summed E-state index contributed by atoms with van der Waals surface area (Å²) in [6.07, 6.45) is 8.41. The van der Waals surface area contributed by atoms with Crippen molar-refractivity contribution in [3.8, 4) is 0 Å². The minimum atomic E-state index is -1.39. The molecule has 0 aromatic carbocycles. The molecule has 1 fully saturated rings. The van der Waals surface area contributed by atoms with Crippen LogP contribution in [0, 0.1) is 17.8 Å². The van der Waals surface area contributed by atoms with Gasteiger partial charge in [-0.25, -0.2) is 0 Å². The molecule has 0 bridgehead atoms. The van der Waals surface area contributed by atoms with Gasteiger partial charge in [-0.2, -0.15) is 0 Å². The first kappa shape index (κ1) is 29.7. The number of rotatable bonds is 8. The Labute approximate surface area is 210 Å². The van der Waals surface area contributed by atoms with E-state index < -0.39 is 29.9 Å². The number of epoxide rings is 1. The highest BCUT2D eigenvalue weighted by Gasteiger charge is 2.44. The van der Waals surface area contributed by atoms with Crippen molar-refractivity contribution in [1.29, 1.82) is 0 Å². The summed E-state index contributed by atoms with van der Waals surface area (Å²) in [4.78, 5) is 12.5. The molecule has 0 aromatic rings. The van der Waals surface area contributed by atoms with Gasteiger partial charge in [0.1, 0.15) is 12.2 Å². The van der Waals surface area contributed by atoms with Crippen molar-refractivity contribution >= 4 is 5.97 Å². The fourth-order valence-corrected chi connectivity index (χ4v) is 4.63. The molecule has 0 aromatic heterocycles. The first-order chi connectivity index (χ1) is 16.4. The van der Waals surface area contributed by atoms with Crippen molar-refractivity contribution in [2.24, 2.45) is 17.8 Å². The van der Waals surface area contributed by atoms with Gasteiger partial charge in [0.25, 0.3) is 0 Å². The molecule has 0 amide bonds. The molecular weight excluding hydrogens is 448 g/mol. The highest BCUT2D eigenvalue weighted by atomic mass is 16.6. The normalized spacial score (nSPS) is 38.7. The van der Waals surface area contributed by atoms with Gasteiger partial charge < -0.3 is 29.9 Å². The van der Waals surface area contributed by atoms with E-state index >= 15 is 0 Å². The first-order valence-electron chi connectivity index (χ1n) is 13.0. The van der Waals surface area contributed by atoms with E-state index in [2.05, 4.69) is 13.0 Å². The molecule has 2 aliphatic rings. The van der Waals surface area contributed by atoms with E-state index in [9.17, 15) is 25.2 Å². The first-order valence-corrected chi connectivity index (χ1v) is 13.0. The van der Waals surface area contributed by atoms with Crippen molar-refractivity contribution in [3.63, 3.8) is 0 Å². The number of carbonyl (C=O) groups excluding carboxylic acids is 1.